The smallest absolute Gasteiger partial charge is 0.340 e. The molecule has 0 radical (unpaired) electrons. The van der Waals surface area contributed by atoms with Crippen LogP contribution in [-0.4, -0.2) is 24.1 Å². The Hall–Kier alpha value is -5.30. The fraction of sp³-hybridized carbons (Fsp3) is 0.0909. The zero-order chi connectivity index (χ0) is 27.9. The van der Waals surface area contributed by atoms with Crippen molar-refractivity contribution >= 4 is 28.3 Å². The third-order valence-electron chi connectivity index (χ3n) is 6.37. The summed E-state index contributed by atoms with van der Waals surface area (Å²) >= 11 is 0. The first-order valence-electron chi connectivity index (χ1n) is 12.7. The number of rotatable bonds is 9. The Morgan fingerprint density at radius 2 is 1.32 bits per heavy atom. The van der Waals surface area contributed by atoms with Crippen LogP contribution in [0.1, 0.15) is 31.8 Å². The van der Waals surface area contributed by atoms with E-state index in [1.807, 2.05) is 78.9 Å². The van der Waals surface area contributed by atoms with Crippen molar-refractivity contribution in [1.82, 2.24) is 0 Å². The number of phenols is 1. The number of hydrogen-bond donors (Lipinski definition) is 2. The fourth-order valence-corrected chi connectivity index (χ4v) is 4.36. The number of nitrogens with one attached hydrogen (secondary N) is 1. The molecular weight excluding hydrogens is 506 g/mol. The van der Waals surface area contributed by atoms with Crippen molar-refractivity contribution in [3.8, 4) is 17.2 Å². The Bertz CT molecular complexity index is 1650. The molecule has 7 nitrogen and oxygen atoms in total. The lowest BCUT2D eigenvalue weighted by atomic mass is 10.0. The molecule has 0 aliphatic carbocycles. The van der Waals surface area contributed by atoms with Crippen LogP contribution in [0, 0.1) is 0 Å². The molecule has 0 saturated carbocycles. The average Bonchev–Trinajstić information content (AvgIpc) is 3.00. The molecule has 2 N–H and O–H groups in total. The number of hydrogen-bond acceptors (Lipinski definition) is 6. The van der Waals surface area contributed by atoms with Gasteiger partial charge in [-0.15, -0.1) is 0 Å². The Balaban J connectivity index is 1.53. The summed E-state index contributed by atoms with van der Waals surface area (Å²) in [5, 5.41) is 14.6. The summed E-state index contributed by atoms with van der Waals surface area (Å²) in [4.78, 5) is 25.9. The van der Waals surface area contributed by atoms with Gasteiger partial charge in [0.25, 0.3) is 5.91 Å². The number of amides is 1. The Labute approximate surface area is 231 Å². The summed E-state index contributed by atoms with van der Waals surface area (Å²) < 4.78 is 17.2. The second-order valence-corrected chi connectivity index (χ2v) is 8.99. The highest BCUT2D eigenvalue weighted by molar-refractivity contribution is 6.13. The Kier molecular flexibility index (Phi) is 7.92. The topological polar surface area (TPSA) is 94.1 Å². The number of aromatic hydroxyl groups is 1. The summed E-state index contributed by atoms with van der Waals surface area (Å²) in [6, 6.07) is 32.8. The summed E-state index contributed by atoms with van der Waals surface area (Å²) in [5.41, 5.74) is 2.16. The number of fused-ring (bicyclic) bond motifs is 1. The molecule has 0 spiro atoms. The van der Waals surface area contributed by atoms with Crippen molar-refractivity contribution in [3.05, 3.63) is 131 Å². The molecule has 7 heteroatoms. The van der Waals surface area contributed by atoms with E-state index in [1.165, 1.54) is 25.3 Å². The summed E-state index contributed by atoms with van der Waals surface area (Å²) in [7, 11) is 1.23. The van der Waals surface area contributed by atoms with Crippen LogP contribution in [0.3, 0.4) is 0 Å². The van der Waals surface area contributed by atoms with Crippen molar-refractivity contribution in [1.29, 1.82) is 0 Å². The number of ether oxygens (including phenoxy) is 3. The SMILES string of the molecule is COC(=O)c1cccc(O)c1NC(=O)c1ccc2c(OCc3ccccc3)cccc2c1OCc1ccccc1. The van der Waals surface area contributed by atoms with E-state index >= 15 is 0 Å². The van der Waals surface area contributed by atoms with Gasteiger partial charge in [-0.05, 0) is 41.5 Å². The molecule has 1 amide bonds. The molecule has 0 aliphatic rings. The van der Waals surface area contributed by atoms with Crippen molar-refractivity contribution in [2.75, 3.05) is 12.4 Å². The minimum Gasteiger partial charge on any atom is -0.506 e. The predicted octanol–water partition coefficient (Wildman–Crippen LogP) is 6.74. The van der Waals surface area contributed by atoms with E-state index in [2.05, 4.69) is 5.32 Å². The number of anilines is 1. The maximum Gasteiger partial charge on any atom is 0.340 e. The first-order valence-corrected chi connectivity index (χ1v) is 12.7. The highest BCUT2D eigenvalue weighted by Crippen LogP contribution is 2.37. The van der Waals surface area contributed by atoms with Gasteiger partial charge in [-0.2, -0.15) is 0 Å². The van der Waals surface area contributed by atoms with Crippen LogP contribution in [0.5, 0.6) is 17.2 Å². The third kappa shape index (κ3) is 5.73. The van der Waals surface area contributed by atoms with E-state index in [9.17, 15) is 14.7 Å². The molecule has 200 valence electrons. The van der Waals surface area contributed by atoms with E-state index in [-0.39, 0.29) is 29.2 Å². The maximum absolute atomic E-state index is 13.6. The Morgan fingerprint density at radius 3 is 2.00 bits per heavy atom. The van der Waals surface area contributed by atoms with Gasteiger partial charge >= 0.3 is 5.97 Å². The molecule has 0 unspecified atom stereocenters. The van der Waals surface area contributed by atoms with Gasteiger partial charge in [0.2, 0.25) is 0 Å². The molecule has 0 aromatic heterocycles. The Morgan fingerprint density at radius 1 is 0.675 bits per heavy atom. The molecule has 0 fully saturated rings. The largest absolute Gasteiger partial charge is 0.506 e. The van der Waals surface area contributed by atoms with Gasteiger partial charge in [0.1, 0.15) is 30.5 Å². The molecule has 0 aliphatic heterocycles. The van der Waals surface area contributed by atoms with Crippen molar-refractivity contribution in [2.45, 2.75) is 13.2 Å². The molecule has 0 heterocycles. The molecule has 0 saturated heterocycles. The van der Waals surface area contributed by atoms with Crippen molar-refractivity contribution in [3.63, 3.8) is 0 Å². The second kappa shape index (κ2) is 12.0. The number of para-hydroxylation sites is 1. The van der Waals surface area contributed by atoms with E-state index in [0.29, 0.717) is 23.5 Å². The van der Waals surface area contributed by atoms with Crippen LogP contribution in [0.4, 0.5) is 5.69 Å². The highest BCUT2D eigenvalue weighted by atomic mass is 16.5. The van der Waals surface area contributed by atoms with Crippen molar-refractivity contribution < 1.29 is 28.9 Å². The third-order valence-corrected chi connectivity index (χ3v) is 6.37. The monoisotopic (exact) mass is 533 g/mol. The second-order valence-electron chi connectivity index (χ2n) is 8.99. The first kappa shape index (κ1) is 26.3. The maximum atomic E-state index is 13.6. The van der Waals surface area contributed by atoms with Gasteiger partial charge in [0, 0.05) is 10.8 Å². The van der Waals surface area contributed by atoms with Gasteiger partial charge in [0.15, 0.2) is 0 Å². The van der Waals surface area contributed by atoms with Crippen LogP contribution in [0.15, 0.2) is 109 Å². The van der Waals surface area contributed by atoms with E-state index in [4.69, 9.17) is 14.2 Å². The minimum atomic E-state index is -0.689. The average molecular weight is 534 g/mol. The standard InChI is InChI=1S/C33H27NO6/c1-38-33(37)26-15-8-16-28(35)30(26)34-32(36)27-19-18-24-25(31(27)40-21-23-12-6-3-7-13-23)14-9-17-29(24)39-20-22-10-4-2-5-11-22/h2-19,35H,20-21H2,1H3,(H,34,36). The first-order chi connectivity index (χ1) is 19.5. The van der Waals surface area contributed by atoms with Crippen molar-refractivity contribution in [2.24, 2.45) is 0 Å². The molecule has 5 rings (SSSR count). The quantitative estimate of drug-likeness (QED) is 0.161. The summed E-state index contributed by atoms with van der Waals surface area (Å²) in [5.74, 6) is -0.524. The number of esters is 1. The van der Waals surface area contributed by atoms with Crippen LogP contribution in [-0.2, 0) is 18.0 Å². The summed E-state index contributed by atoms with van der Waals surface area (Å²) in [6.45, 7) is 0.602. The van der Waals surface area contributed by atoms with Gasteiger partial charge in [-0.3, -0.25) is 4.79 Å². The van der Waals surface area contributed by atoms with Gasteiger partial charge in [-0.1, -0.05) is 78.9 Å². The van der Waals surface area contributed by atoms with Crippen LogP contribution < -0.4 is 14.8 Å². The molecule has 0 atom stereocenters. The van der Waals surface area contributed by atoms with E-state index < -0.39 is 11.9 Å². The highest BCUT2D eigenvalue weighted by Gasteiger charge is 2.22. The minimum absolute atomic E-state index is 0.0278. The normalized spacial score (nSPS) is 10.6. The predicted molar refractivity (Wildman–Crippen MR) is 153 cm³/mol. The zero-order valence-corrected chi connectivity index (χ0v) is 21.8. The number of carbonyl (C=O) groups excluding carboxylic acids is 2. The van der Waals surface area contributed by atoms with Gasteiger partial charge < -0.3 is 24.6 Å². The van der Waals surface area contributed by atoms with Gasteiger partial charge in [0.05, 0.1) is 23.9 Å². The number of methoxy groups -OCH3 is 1. The summed E-state index contributed by atoms with van der Waals surface area (Å²) in [6.07, 6.45) is 0. The molecule has 40 heavy (non-hydrogen) atoms. The lowest BCUT2D eigenvalue weighted by molar-refractivity contribution is 0.0601. The lowest BCUT2D eigenvalue weighted by Crippen LogP contribution is -2.17. The lowest BCUT2D eigenvalue weighted by Gasteiger charge is -2.17. The molecule has 5 aromatic rings. The zero-order valence-electron chi connectivity index (χ0n) is 21.8. The molecular formula is C33H27NO6. The van der Waals surface area contributed by atoms with Gasteiger partial charge in [-0.25, -0.2) is 4.79 Å². The number of benzene rings is 5. The molecule has 5 aromatic carbocycles. The van der Waals surface area contributed by atoms with Crippen LogP contribution in [0.2, 0.25) is 0 Å². The van der Waals surface area contributed by atoms with E-state index in [0.717, 1.165) is 16.5 Å². The molecule has 0 bridgehead atoms. The fourth-order valence-electron chi connectivity index (χ4n) is 4.36. The van der Waals surface area contributed by atoms with E-state index in [1.54, 1.807) is 12.1 Å². The number of phenolic OH excluding ortho intramolecular Hbond substituents is 1. The van der Waals surface area contributed by atoms with Crippen LogP contribution >= 0.6 is 0 Å². The van der Waals surface area contributed by atoms with Crippen LogP contribution in [0.25, 0.3) is 10.8 Å². The number of carbonyl (C=O) groups is 2.